The fourth-order valence-corrected chi connectivity index (χ4v) is 4.44. The molecule has 34 heavy (non-hydrogen) atoms. The summed E-state index contributed by atoms with van der Waals surface area (Å²) in [5, 5.41) is 7.76. The van der Waals surface area contributed by atoms with Gasteiger partial charge in [0.25, 0.3) is 0 Å². The number of rotatable bonds is 5. The van der Waals surface area contributed by atoms with E-state index in [4.69, 9.17) is 14.2 Å². The minimum absolute atomic E-state index is 0.0824. The maximum atomic E-state index is 12.7. The second kappa shape index (κ2) is 10.1. The average molecular weight is 462 g/mol. The van der Waals surface area contributed by atoms with Crippen molar-refractivity contribution in [3.05, 3.63) is 66.2 Å². The van der Waals surface area contributed by atoms with Crippen LogP contribution in [0.15, 0.2) is 60.7 Å². The minimum Gasteiger partial charge on any atom is -0.486 e. The highest BCUT2D eigenvalue weighted by molar-refractivity contribution is 6.39. The fraction of sp³-hybridized carbons (Fsp3) is 0.308. The molecule has 8 heteroatoms. The van der Waals surface area contributed by atoms with Gasteiger partial charge in [-0.1, -0.05) is 42.5 Å². The van der Waals surface area contributed by atoms with Gasteiger partial charge >= 0.3 is 11.8 Å². The van der Waals surface area contributed by atoms with Crippen molar-refractivity contribution in [2.75, 3.05) is 51.4 Å². The molecule has 0 saturated carbocycles. The van der Waals surface area contributed by atoms with Gasteiger partial charge < -0.3 is 24.8 Å². The summed E-state index contributed by atoms with van der Waals surface area (Å²) in [6.45, 7) is 4.03. The number of amides is 2. The van der Waals surface area contributed by atoms with Crippen LogP contribution >= 0.6 is 0 Å². The van der Waals surface area contributed by atoms with Gasteiger partial charge in [0, 0.05) is 31.4 Å². The molecule has 1 atom stereocenters. The lowest BCUT2D eigenvalue weighted by atomic mass is 9.97. The summed E-state index contributed by atoms with van der Waals surface area (Å²) < 4.78 is 16.6. The molecule has 0 unspecified atom stereocenters. The van der Waals surface area contributed by atoms with E-state index in [0.29, 0.717) is 50.2 Å². The summed E-state index contributed by atoms with van der Waals surface area (Å²) in [5.41, 5.74) is 1.59. The molecule has 3 aromatic rings. The minimum atomic E-state index is -0.727. The van der Waals surface area contributed by atoms with Gasteiger partial charge in [-0.2, -0.15) is 0 Å². The summed E-state index contributed by atoms with van der Waals surface area (Å²) in [6, 6.07) is 19.4. The van der Waals surface area contributed by atoms with Crippen LogP contribution < -0.4 is 20.1 Å². The first-order valence-corrected chi connectivity index (χ1v) is 11.5. The summed E-state index contributed by atoms with van der Waals surface area (Å²) >= 11 is 0. The number of morpholine rings is 1. The van der Waals surface area contributed by atoms with Gasteiger partial charge in [0.1, 0.15) is 13.2 Å². The third kappa shape index (κ3) is 4.83. The van der Waals surface area contributed by atoms with E-state index in [1.807, 2.05) is 18.2 Å². The number of anilines is 1. The highest BCUT2D eigenvalue weighted by Gasteiger charge is 2.26. The zero-order valence-electron chi connectivity index (χ0n) is 18.8. The molecule has 2 amide bonds. The number of ether oxygens (including phenoxy) is 3. The molecule has 0 aliphatic carbocycles. The number of carbonyl (C=O) groups is 2. The van der Waals surface area contributed by atoms with Crippen molar-refractivity contribution in [3.63, 3.8) is 0 Å². The lowest BCUT2D eigenvalue weighted by Gasteiger charge is -2.35. The van der Waals surface area contributed by atoms with Crippen LogP contribution in [0.1, 0.15) is 11.6 Å². The van der Waals surface area contributed by atoms with E-state index in [2.05, 4.69) is 39.8 Å². The first kappa shape index (κ1) is 22.2. The Morgan fingerprint density at radius 1 is 0.853 bits per heavy atom. The Balaban J connectivity index is 1.30. The van der Waals surface area contributed by atoms with Gasteiger partial charge in [0.15, 0.2) is 11.5 Å². The molecule has 176 valence electrons. The quantitative estimate of drug-likeness (QED) is 0.568. The van der Waals surface area contributed by atoms with Crippen LogP contribution in [0.5, 0.6) is 11.5 Å². The van der Waals surface area contributed by atoms with E-state index >= 15 is 0 Å². The van der Waals surface area contributed by atoms with E-state index in [1.165, 1.54) is 0 Å². The van der Waals surface area contributed by atoms with Crippen molar-refractivity contribution in [1.29, 1.82) is 0 Å². The number of hydrogen-bond acceptors (Lipinski definition) is 6. The van der Waals surface area contributed by atoms with E-state index in [-0.39, 0.29) is 6.04 Å². The van der Waals surface area contributed by atoms with Crippen LogP contribution in [0, 0.1) is 0 Å². The lowest BCUT2D eigenvalue weighted by molar-refractivity contribution is -0.136. The van der Waals surface area contributed by atoms with E-state index in [0.717, 1.165) is 29.4 Å². The summed E-state index contributed by atoms with van der Waals surface area (Å²) in [6.07, 6.45) is 0. The fourth-order valence-electron chi connectivity index (χ4n) is 4.44. The normalized spacial score (nSPS) is 16.6. The van der Waals surface area contributed by atoms with Crippen molar-refractivity contribution >= 4 is 28.3 Å². The number of hydrogen-bond donors (Lipinski definition) is 2. The van der Waals surface area contributed by atoms with Crippen molar-refractivity contribution < 1.29 is 23.8 Å². The van der Waals surface area contributed by atoms with E-state index in [1.54, 1.807) is 18.2 Å². The average Bonchev–Trinajstić information content (AvgIpc) is 2.89. The van der Waals surface area contributed by atoms with E-state index < -0.39 is 11.8 Å². The molecule has 0 aromatic heterocycles. The molecule has 0 spiro atoms. The van der Waals surface area contributed by atoms with Gasteiger partial charge in [-0.15, -0.1) is 0 Å². The van der Waals surface area contributed by atoms with Crippen LogP contribution in [0.2, 0.25) is 0 Å². The molecule has 8 nitrogen and oxygen atoms in total. The second-order valence-corrected chi connectivity index (χ2v) is 8.26. The second-order valence-electron chi connectivity index (χ2n) is 8.26. The SMILES string of the molecule is O=C(NC[C@@H](c1cccc2ccccc12)N1CCOCC1)C(=O)Nc1ccc2c(c1)OCCO2. The van der Waals surface area contributed by atoms with Gasteiger partial charge in [-0.3, -0.25) is 14.5 Å². The highest BCUT2D eigenvalue weighted by atomic mass is 16.6. The number of fused-ring (bicyclic) bond motifs is 2. The van der Waals surface area contributed by atoms with Crippen LogP contribution in [-0.2, 0) is 14.3 Å². The molecular weight excluding hydrogens is 434 g/mol. The Labute approximate surface area is 197 Å². The standard InChI is InChI=1S/C26H27N3O5/c30-25(26(31)28-19-8-9-23-24(16-19)34-15-14-33-23)27-17-22(29-10-12-32-13-11-29)21-7-3-5-18-4-1-2-6-20(18)21/h1-9,16,22H,10-15,17H2,(H,27,30)(H,28,31)/t22-/m0/s1. The van der Waals surface area contributed by atoms with E-state index in [9.17, 15) is 9.59 Å². The molecule has 2 heterocycles. The smallest absolute Gasteiger partial charge is 0.313 e. The van der Waals surface area contributed by atoms with Crippen molar-refractivity contribution in [2.24, 2.45) is 0 Å². The third-order valence-corrected chi connectivity index (χ3v) is 6.13. The van der Waals surface area contributed by atoms with Crippen LogP contribution in [0.3, 0.4) is 0 Å². The molecule has 3 aromatic carbocycles. The molecule has 2 N–H and O–H groups in total. The summed E-state index contributed by atoms with van der Waals surface area (Å²) in [7, 11) is 0. The molecule has 0 radical (unpaired) electrons. The molecule has 1 fully saturated rings. The topological polar surface area (TPSA) is 89.1 Å². The van der Waals surface area contributed by atoms with Crippen molar-refractivity contribution in [2.45, 2.75) is 6.04 Å². The molecule has 0 bridgehead atoms. The van der Waals surface area contributed by atoms with Gasteiger partial charge in [-0.05, 0) is 28.5 Å². The van der Waals surface area contributed by atoms with Crippen LogP contribution in [0.4, 0.5) is 5.69 Å². The molecular formula is C26H27N3O5. The summed E-state index contributed by atoms with van der Waals surface area (Å²) in [5.74, 6) is -0.242. The van der Waals surface area contributed by atoms with Crippen LogP contribution in [0.25, 0.3) is 10.8 Å². The zero-order chi connectivity index (χ0) is 23.3. The molecule has 2 aliphatic heterocycles. The third-order valence-electron chi connectivity index (χ3n) is 6.13. The zero-order valence-corrected chi connectivity index (χ0v) is 18.8. The highest BCUT2D eigenvalue weighted by Crippen LogP contribution is 2.32. The van der Waals surface area contributed by atoms with Crippen LogP contribution in [-0.4, -0.2) is 62.8 Å². The molecule has 2 aliphatic rings. The summed E-state index contributed by atoms with van der Waals surface area (Å²) in [4.78, 5) is 27.6. The van der Waals surface area contributed by atoms with Gasteiger partial charge in [0.2, 0.25) is 0 Å². The largest absolute Gasteiger partial charge is 0.486 e. The molecule has 5 rings (SSSR count). The predicted molar refractivity (Wildman–Crippen MR) is 128 cm³/mol. The number of nitrogens with zero attached hydrogens (tertiary/aromatic N) is 1. The number of nitrogens with one attached hydrogen (secondary N) is 2. The number of benzene rings is 3. The Hall–Kier alpha value is -3.62. The Morgan fingerprint density at radius 3 is 2.47 bits per heavy atom. The van der Waals surface area contributed by atoms with Crippen molar-refractivity contribution in [3.8, 4) is 11.5 Å². The Morgan fingerprint density at radius 2 is 1.62 bits per heavy atom. The Kier molecular flexibility index (Phi) is 6.60. The number of carbonyl (C=O) groups excluding carboxylic acids is 2. The molecule has 1 saturated heterocycles. The maximum absolute atomic E-state index is 12.7. The Bertz CT molecular complexity index is 1190. The van der Waals surface area contributed by atoms with Gasteiger partial charge in [-0.25, -0.2) is 0 Å². The maximum Gasteiger partial charge on any atom is 0.313 e. The lowest BCUT2D eigenvalue weighted by Crippen LogP contribution is -2.45. The first-order valence-electron chi connectivity index (χ1n) is 11.5. The predicted octanol–water partition coefficient (Wildman–Crippen LogP) is 2.74. The monoisotopic (exact) mass is 461 g/mol. The van der Waals surface area contributed by atoms with Gasteiger partial charge in [0.05, 0.1) is 19.3 Å². The van der Waals surface area contributed by atoms with Crippen molar-refractivity contribution in [1.82, 2.24) is 10.2 Å². The first-order chi connectivity index (χ1) is 16.7.